The molecule has 5 nitrogen and oxygen atoms in total. The Morgan fingerprint density at radius 1 is 1.00 bits per heavy atom. The van der Waals surface area contributed by atoms with Crippen LogP contribution in [0.25, 0.3) is 10.9 Å². The number of aromatic amines is 1. The molecule has 2 saturated heterocycles. The Hall–Kier alpha value is -2.63. The first-order valence-electron chi connectivity index (χ1n) is 11.4. The molecule has 5 heteroatoms. The maximum absolute atomic E-state index is 12.5. The number of carbonyl (C=O) groups is 1. The first-order chi connectivity index (χ1) is 15.2. The van der Waals surface area contributed by atoms with E-state index in [4.69, 9.17) is 4.74 Å². The molecule has 3 heterocycles. The van der Waals surface area contributed by atoms with Crippen molar-refractivity contribution < 1.29 is 9.53 Å². The lowest BCUT2D eigenvalue weighted by Crippen LogP contribution is -2.55. The van der Waals surface area contributed by atoms with Gasteiger partial charge < -0.3 is 14.6 Å². The molecule has 5 rings (SSSR count). The molecule has 2 aromatic carbocycles. The fourth-order valence-corrected chi connectivity index (χ4v) is 5.11. The lowest BCUT2D eigenvalue weighted by Gasteiger charge is -2.42. The number of benzene rings is 2. The largest absolute Gasteiger partial charge is 0.363 e. The van der Waals surface area contributed by atoms with Crippen LogP contribution in [0.3, 0.4) is 0 Å². The topological polar surface area (TPSA) is 48.6 Å². The molecule has 0 aliphatic carbocycles. The molecule has 31 heavy (non-hydrogen) atoms. The Labute approximate surface area is 184 Å². The summed E-state index contributed by atoms with van der Waals surface area (Å²) in [5, 5.41) is 1.31. The number of aromatic nitrogens is 1. The van der Waals surface area contributed by atoms with Crippen LogP contribution in [0, 0.1) is 0 Å². The number of morpholine rings is 1. The van der Waals surface area contributed by atoms with Crippen molar-refractivity contribution in [3.05, 3.63) is 71.9 Å². The summed E-state index contributed by atoms with van der Waals surface area (Å²) in [6.45, 7) is 4.75. The van der Waals surface area contributed by atoms with Crippen LogP contribution in [0.1, 0.15) is 30.4 Å². The summed E-state index contributed by atoms with van der Waals surface area (Å²) in [6.07, 6.45) is 6.01. The molecule has 1 aromatic heterocycles. The number of nitrogens with one attached hydrogen (secondary N) is 1. The van der Waals surface area contributed by atoms with Gasteiger partial charge in [0.15, 0.2) is 0 Å². The second kappa shape index (κ2) is 8.85. The van der Waals surface area contributed by atoms with Gasteiger partial charge in [-0.25, -0.2) is 0 Å². The Morgan fingerprint density at radius 3 is 2.81 bits per heavy atom. The zero-order valence-electron chi connectivity index (χ0n) is 18.1. The van der Waals surface area contributed by atoms with E-state index >= 15 is 0 Å². The van der Waals surface area contributed by atoms with Crippen molar-refractivity contribution in [1.82, 2.24) is 14.8 Å². The van der Waals surface area contributed by atoms with Gasteiger partial charge in [-0.3, -0.25) is 9.69 Å². The zero-order valence-corrected chi connectivity index (χ0v) is 18.1. The van der Waals surface area contributed by atoms with E-state index in [1.807, 2.05) is 17.2 Å². The van der Waals surface area contributed by atoms with Gasteiger partial charge in [0.05, 0.1) is 5.60 Å². The highest BCUT2D eigenvalue weighted by atomic mass is 16.5. The third kappa shape index (κ3) is 4.53. The van der Waals surface area contributed by atoms with Crippen LogP contribution in [-0.4, -0.2) is 59.1 Å². The van der Waals surface area contributed by atoms with Crippen molar-refractivity contribution in [2.24, 2.45) is 0 Å². The minimum Gasteiger partial charge on any atom is -0.363 e. The molecule has 0 bridgehead atoms. The monoisotopic (exact) mass is 417 g/mol. The van der Waals surface area contributed by atoms with Crippen molar-refractivity contribution in [2.75, 3.05) is 32.8 Å². The minimum atomic E-state index is -0.195. The maximum Gasteiger partial charge on any atom is 0.248 e. The number of H-pyrrole nitrogens is 1. The van der Waals surface area contributed by atoms with Gasteiger partial charge in [-0.05, 0) is 55.5 Å². The molecular formula is C26H31N3O2. The van der Waals surface area contributed by atoms with Crippen LogP contribution < -0.4 is 0 Å². The van der Waals surface area contributed by atoms with Crippen LogP contribution in [0.2, 0.25) is 0 Å². The van der Waals surface area contributed by atoms with E-state index in [2.05, 4.69) is 58.4 Å². The molecule has 2 aliphatic rings. The third-order valence-electron chi connectivity index (χ3n) is 6.92. The van der Waals surface area contributed by atoms with Gasteiger partial charge in [0.2, 0.25) is 5.91 Å². The highest BCUT2D eigenvalue weighted by Gasteiger charge is 2.40. The summed E-state index contributed by atoms with van der Waals surface area (Å²) < 4.78 is 6.21. The third-order valence-corrected chi connectivity index (χ3v) is 6.92. The Balaban J connectivity index is 1.22. The van der Waals surface area contributed by atoms with Crippen LogP contribution in [0.15, 0.2) is 60.8 Å². The van der Waals surface area contributed by atoms with Crippen LogP contribution in [0.5, 0.6) is 0 Å². The zero-order chi connectivity index (χ0) is 21.1. The molecular weight excluding hydrogens is 386 g/mol. The molecule has 0 unspecified atom stereocenters. The number of carbonyl (C=O) groups excluding carboxylic acids is 1. The number of amides is 1. The van der Waals surface area contributed by atoms with Crippen molar-refractivity contribution in [1.29, 1.82) is 0 Å². The average molecular weight is 418 g/mol. The summed E-state index contributed by atoms with van der Waals surface area (Å²) >= 11 is 0. The SMILES string of the molecule is O=C1CO[C@]2(CCCN(Cc3cccc4[nH]ccc34)CC2)CN1CCc1ccccc1. The molecule has 0 saturated carbocycles. The van der Waals surface area contributed by atoms with E-state index in [1.165, 1.54) is 22.0 Å². The summed E-state index contributed by atoms with van der Waals surface area (Å²) in [4.78, 5) is 20.4. The second-order valence-electron chi connectivity index (χ2n) is 9.01. The fourth-order valence-electron chi connectivity index (χ4n) is 5.11. The van der Waals surface area contributed by atoms with Gasteiger partial charge in [0, 0.05) is 43.3 Å². The van der Waals surface area contributed by atoms with Crippen molar-refractivity contribution in [2.45, 2.75) is 37.8 Å². The summed E-state index contributed by atoms with van der Waals surface area (Å²) in [5.74, 6) is 0.127. The number of rotatable bonds is 5. The average Bonchev–Trinajstić information content (AvgIpc) is 3.20. The van der Waals surface area contributed by atoms with Gasteiger partial charge in [-0.2, -0.15) is 0 Å². The molecule has 2 aliphatic heterocycles. The molecule has 3 aromatic rings. The molecule has 162 valence electrons. The van der Waals surface area contributed by atoms with E-state index in [0.29, 0.717) is 0 Å². The number of hydrogen-bond acceptors (Lipinski definition) is 3. The smallest absolute Gasteiger partial charge is 0.248 e. The fraction of sp³-hybridized carbons (Fsp3) is 0.423. The van der Waals surface area contributed by atoms with Gasteiger partial charge in [0.25, 0.3) is 0 Å². The van der Waals surface area contributed by atoms with Gasteiger partial charge in [0.1, 0.15) is 6.61 Å². The second-order valence-corrected chi connectivity index (χ2v) is 9.01. The van der Waals surface area contributed by atoms with Gasteiger partial charge in [-0.1, -0.05) is 42.5 Å². The van der Waals surface area contributed by atoms with Crippen LogP contribution >= 0.6 is 0 Å². The number of fused-ring (bicyclic) bond motifs is 1. The molecule has 2 fully saturated rings. The lowest BCUT2D eigenvalue weighted by atomic mass is 9.92. The van der Waals surface area contributed by atoms with E-state index in [9.17, 15) is 4.79 Å². The Bertz CT molecular complexity index is 1030. The van der Waals surface area contributed by atoms with Crippen molar-refractivity contribution in [3.8, 4) is 0 Å². The van der Waals surface area contributed by atoms with Gasteiger partial charge in [-0.15, -0.1) is 0 Å². The predicted octanol–water partition coefficient (Wildman–Crippen LogP) is 3.99. The lowest BCUT2D eigenvalue weighted by molar-refractivity contribution is -0.165. The number of hydrogen-bond donors (Lipinski definition) is 1. The van der Waals surface area contributed by atoms with E-state index in [0.717, 1.165) is 58.4 Å². The molecule has 1 N–H and O–H groups in total. The Morgan fingerprint density at radius 2 is 1.90 bits per heavy atom. The molecule has 1 spiro atoms. The van der Waals surface area contributed by atoms with Crippen molar-refractivity contribution in [3.63, 3.8) is 0 Å². The van der Waals surface area contributed by atoms with Crippen LogP contribution in [0.4, 0.5) is 0 Å². The molecule has 1 amide bonds. The standard InChI is InChI=1S/C26H31N3O2/c30-25-19-31-26(20-29(25)16-11-21-6-2-1-3-7-21)12-5-15-28(17-13-26)18-22-8-4-9-24-23(22)10-14-27-24/h1-4,6-10,14,27H,5,11-13,15-20H2/t26-/m0/s1. The molecule has 1 atom stereocenters. The van der Waals surface area contributed by atoms with E-state index < -0.39 is 0 Å². The highest BCUT2D eigenvalue weighted by Crippen LogP contribution is 2.31. The minimum absolute atomic E-state index is 0.127. The van der Waals surface area contributed by atoms with E-state index in [-0.39, 0.29) is 18.1 Å². The maximum atomic E-state index is 12.5. The van der Waals surface area contributed by atoms with Gasteiger partial charge >= 0.3 is 0 Å². The predicted molar refractivity (Wildman–Crippen MR) is 123 cm³/mol. The number of nitrogens with zero attached hydrogens (tertiary/aromatic N) is 2. The normalized spacial score (nSPS) is 22.8. The first-order valence-corrected chi connectivity index (χ1v) is 11.4. The Kier molecular flexibility index (Phi) is 5.79. The molecule has 0 radical (unpaired) electrons. The first kappa shape index (κ1) is 20.3. The quantitative estimate of drug-likeness (QED) is 0.683. The number of likely N-dealkylation sites (tertiary alicyclic amines) is 1. The summed E-state index contributed by atoms with van der Waals surface area (Å²) in [7, 11) is 0. The van der Waals surface area contributed by atoms with E-state index in [1.54, 1.807) is 0 Å². The highest BCUT2D eigenvalue weighted by molar-refractivity contribution is 5.82. The van der Waals surface area contributed by atoms with Crippen molar-refractivity contribution >= 4 is 16.8 Å². The summed E-state index contributed by atoms with van der Waals surface area (Å²) in [6, 6.07) is 19.1. The van der Waals surface area contributed by atoms with Crippen LogP contribution in [-0.2, 0) is 22.5 Å². The summed E-state index contributed by atoms with van der Waals surface area (Å²) in [5.41, 5.74) is 3.66. The number of ether oxygens (including phenoxy) is 1.